The molecule has 9 aromatic rings. The van der Waals surface area contributed by atoms with Crippen LogP contribution in [0.25, 0.3) is 89.0 Å². The summed E-state index contributed by atoms with van der Waals surface area (Å²) in [7, 11) is 0. The molecule has 2 heteroatoms. The van der Waals surface area contributed by atoms with E-state index in [0.717, 1.165) is 55.6 Å². The Bertz CT molecular complexity index is 2750. The second-order valence-electron chi connectivity index (χ2n) is 14.3. The molecule has 52 heavy (non-hydrogen) atoms. The van der Waals surface area contributed by atoms with Gasteiger partial charge in [-0.05, 0) is 79.9 Å². The smallest absolute Gasteiger partial charge is 0.136 e. The standard InChI is InChI=1S/C50H35NO/c1-50(2)42-26-14-13-24-39(42)37-22-11-9-20-35(37)36-21-10-12-23-38(36)40-28-29-46-48(49(40)50)47-41(25-15-27-45(47)52-46)44-31-34(32-16-5-3-6-17-32)30-43(51-44)33-18-7-4-8-19-33/h3-31H,1-2H3. The van der Waals surface area contributed by atoms with Crippen molar-refractivity contribution in [1.82, 2.24) is 4.98 Å². The van der Waals surface area contributed by atoms with Crippen molar-refractivity contribution in [2.45, 2.75) is 19.3 Å². The molecular formula is C50H35NO. The summed E-state index contributed by atoms with van der Waals surface area (Å²) in [6.07, 6.45) is 0. The van der Waals surface area contributed by atoms with Gasteiger partial charge in [0.25, 0.3) is 0 Å². The highest BCUT2D eigenvalue weighted by atomic mass is 16.3. The molecule has 0 unspecified atom stereocenters. The maximum atomic E-state index is 6.82. The molecule has 2 heterocycles. The number of hydrogen-bond donors (Lipinski definition) is 0. The predicted molar refractivity (Wildman–Crippen MR) is 216 cm³/mol. The lowest BCUT2D eigenvalue weighted by molar-refractivity contribution is 0.645. The van der Waals surface area contributed by atoms with Crippen molar-refractivity contribution in [2.75, 3.05) is 0 Å². The molecule has 7 aromatic carbocycles. The van der Waals surface area contributed by atoms with Crippen LogP contribution < -0.4 is 0 Å². The fourth-order valence-corrected chi connectivity index (χ4v) is 8.52. The maximum absolute atomic E-state index is 6.82. The summed E-state index contributed by atoms with van der Waals surface area (Å²) in [6.45, 7) is 4.76. The zero-order valence-electron chi connectivity index (χ0n) is 29.1. The van der Waals surface area contributed by atoms with Gasteiger partial charge in [0, 0.05) is 27.3 Å². The van der Waals surface area contributed by atoms with E-state index in [-0.39, 0.29) is 0 Å². The first-order valence-electron chi connectivity index (χ1n) is 18.0. The molecule has 2 aromatic heterocycles. The molecule has 0 N–H and O–H groups in total. The van der Waals surface area contributed by atoms with Crippen LogP contribution in [0.2, 0.25) is 0 Å². The van der Waals surface area contributed by atoms with Crippen molar-refractivity contribution in [3.8, 4) is 67.0 Å². The molecule has 0 saturated heterocycles. The zero-order chi connectivity index (χ0) is 34.8. The monoisotopic (exact) mass is 665 g/mol. The Morgan fingerprint density at radius 2 is 0.904 bits per heavy atom. The van der Waals surface area contributed by atoms with Crippen molar-refractivity contribution in [1.29, 1.82) is 0 Å². The third kappa shape index (κ3) is 4.68. The summed E-state index contributed by atoms with van der Waals surface area (Å²) >= 11 is 0. The van der Waals surface area contributed by atoms with Crippen LogP contribution in [0.5, 0.6) is 0 Å². The minimum absolute atomic E-state index is 0.408. The summed E-state index contributed by atoms with van der Waals surface area (Å²) in [5.41, 5.74) is 17.5. The van der Waals surface area contributed by atoms with Crippen LogP contribution in [0.4, 0.5) is 0 Å². The first-order chi connectivity index (χ1) is 25.6. The van der Waals surface area contributed by atoms with E-state index in [0.29, 0.717) is 0 Å². The van der Waals surface area contributed by atoms with E-state index >= 15 is 0 Å². The lowest BCUT2D eigenvalue weighted by Crippen LogP contribution is -2.21. The molecular weight excluding hydrogens is 631 g/mol. The molecule has 1 aliphatic rings. The van der Waals surface area contributed by atoms with Gasteiger partial charge in [-0.25, -0.2) is 4.98 Å². The van der Waals surface area contributed by atoms with Crippen LogP contribution in [-0.2, 0) is 5.41 Å². The van der Waals surface area contributed by atoms with Crippen LogP contribution >= 0.6 is 0 Å². The fraction of sp³-hybridized carbons (Fsp3) is 0.0600. The van der Waals surface area contributed by atoms with Gasteiger partial charge >= 0.3 is 0 Å². The van der Waals surface area contributed by atoms with Crippen LogP contribution in [0, 0.1) is 0 Å². The predicted octanol–water partition coefficient (Wildman–Crippen LogP) is 13.6. The van der Waals surface area contributed by atoms with Crippen molar-refractivity contribution in [3.05, 3.63) is 187 Å². The Morgan fingerprint density at radius 1 is 0.385 bits per heavy atom. The van der Waals surface area contributed by atoms with Gasteiger partial charge in [-0.15, -0.1) is 0 Å². The Morgan fingerprint density at radius 3 is 1.60 bits per heavy atom. The fourth-order valence-electron chi connectivity index (χ4n) is 8.52. The molecule has 246 valence electrons. The van der Waals surface area contributed by atoms with Gasteiger partial charge < -0.3 is 4.42 Å². The maximum Gasteiger partial charge on any atom is 0.136 e. The summed E-state index contributed by atoms with van der Waals surface area (Å²) in [4.78, 5) is 5.39. The average Bonchev–Trinajstić information content (AvgIpc) is 3.60. The van der Waals surface area contributed by atoms with E-state index in [9.17, 15) is 0 Å². The van der Waals surface area contributed by atoms with Crippen molar-refractivity contribution in [2.24, 2.45) is 0 Å². The number of benzene rings is 7. The SMILES string of the molecule is CC1(C)c2ccccc2-c2ccccc2-c2ccccc2-c2ccc3oc4cccc(-c5cc(-c6ccccc6)cc(-c6ccccc6)n5)c4c3c21. The van der Waals surface area contributed by atoms with Crippen LogP contribution in [-0.4, -0.2) is 4.98 Å². The Kier molecular flexibility index (Phi) is 6.87. The minimum Gasteiger partial charge on any atom is -0.456 e. The first kappa shape index (κ1) is 30.3. The number of furan rings is 1. The summed E-state index contributed by atoms with van der Waals surface area (Å²) in [5, 5.41) is 2.22. The molecule has 0 aliphatic heterocycles. The van der Waals surface area contributed by atoms with Gasteiger partial charge in [0.05, 0.1) is 11.4 Å². The summed E-state index contributed by atoms with van der Waals surface area (Å²) < 4.78 is 6.82. The Labute approximate surface area is 303 Å². The Balaban J connectivity index is 1.34. The lowest BCUT2D eigenvalue weighted by Gasteiger charge is -2.31. The second-order valence-corrected chi connectivity index (χ2v) is 14.3. The number of pyridine rings is 1. The van der Waals surface area contributed by atoms with Gasteiger partial charge in [-0.3, -0.25) is 0 Å². The van der Waals surface area contributed by atoms with Gasteiger partial charge in [0.1, 0.15) is 11.2 Å². The molecule has 0 amide bonds. The van der Waals surface area contributed by atoms with Gasteiger partial charge in [-0.2, -0.15) is 0 Å². The summed E-state index contributed by atoms with van der Waals surface area (Å²) in [5.74, 6) is 0. The van der Waals surface area contributed by atoms with Crippen LogP contribution in [0.3, 0.4) is 0 Å². The Hall–Kier alpha value is -6.51. The van der Waals surface area contributed by atoms with Crippen LogP contribution in [0.1, 0.15) is 25.0 Å². The number of rotatable bonds is 3. The van der Waals surface area contributed by atoms with Gasteiger partial charge in [0.2, 0.25) is 0 Å². The van der Waals surface area contributed by atoms with E-state index in [2.05, 4.69) is 190 Å². The van der Waals surface area contributed by atoms with Crippen molar-refractivity contribution < 1.29 is 4.42 Å². The van der Waals surface area contributed by atoms with Gasteiger partial charge in [-0.1, -0.05) is 166 Å². The molecule has 0 spiro atoms. The quantitative estimate of drug-likeness (QED) is 0.188. The van der Waals surface area contributed by atoms with E-state index in [4.69, 9.17) is 9.40 Å². The number of hydrogen-bond acceptors (Lipinski definition) is 2. The topological polar surface area (TPSA) is 26.0 Å². The molecule has 0 fully saturated rings. The molecule has 10 rings (SSSR count). The third-order valence-electron chi connectivity index (χ3n) is 10.9. The average molecular weight is 666 g/mol. The number of nitrogens with zero attached hydrogens (tertiary/aromatic N) is 1. The molecule has 0 radical (unpaired) electrons. The van der Waals surface area contributed by atoms with E-state index in [1.54, 1.807) is 0 Å². The number of aromatic nitrogens is 1. The number of fused-ring (bicyclic) bond motifs is 11. The highest BCUT2D eigenvalue weighted by Gasteiger charge is 2.35. The first-order valence-corrected chi connectivity index (χ1v) is 18.0. The van der Waals surface area contributed by atoms with E-state index < -0.39 is 5.41 Å². The normalized spacial score (nSPS) is 13.0. The highest BCUT2D eigenvalue weighted by Crippen LogP contribution is 2.52. The van der Waals surface area contributed by atoms with E-state index in [1.807, 2.05) is 0 Å². The lowest BCUT2D eigenvalue weighted by atomic mass is 9.71. The molecule has 0 atom stereocenters. The van der Waals surface area contributed by atoms with Crippen molar-refractivity contribution in [3.63, 3.8) is 0 Å². The summed E-state index contributed by atoms with van der Waals surface area (Å²) in [6, 6.07) is 63.0. The molecule has 2 nitrogen and oxygen atoms in total. The second kappa shape index (κ2) is 11.8. The highest BCUT2D eigenvalue weighted by molar-refractivity contribution is 6.16. The van der Waals surface area contributed by atoms with Gasteiger partial charge in [0.15, 0.2) is 0 Å². The molecule has 0 saturated carbocycles. The molecule has 1 aliphatic carbocycles. The largest absolute Gasteiger partial charge is 0.456 e. The van der Waals surface area contributed by atoms with E-state index in [1.165, 1.54) is 44.5 Å². The molecule has 0 bridgehead atoms. The zero-order valence-corrected chi connectivity index (χ0v) is 29.1. The third-order valence-corrected chi connectivity index (χ3v) is 10.9. The minimum atomic E-state index is -0.408. The van der Waals surface area contributed by atoms with Crippen molar-refractivity contribution >= 4 is 21.9 Å². The van der Waals surface area contributed by atoms with Crippen LogP contribution in [0.15, 0.2) is 180 Å².